The molecule has 4 nitrogen and oxygen atoms in total. The lowest BCUT2D eigenvalue weighted by Crippen LogP contribution is -2.06. The van der Waals surface area contributed by atoms with E-state index in [9.17, 15) is 8.42 Å². The third-order valence-electron chi connectivity index (χ3n) is 2.15. The first-order valence-electron chi connectivity index (χ1n) is 5.28. The van der Waals surface area contributed by atoms with E-state index in [0.717, 1.165) is 18.4 Å². The molecule has 0 aromatic heterocycles. The second kappa shape index (κ2) is 5.98. The molecule has 1 aromatic rings. The Labute approximate surface area is 96.5 Å². The van der Waals surface area contributed by atoms with Crippen molar-refractivity contribution in [2.24, 2.45) is 5.73 Å². The fourth-order valence-electron chi connectivity index (χ4n) is 1.35. The Morgan fingerprint density at radius 3 is 2.38 bits per heavy atom. The summed E-state index contributed by atoms with van der Waals surface area (Å²) in [5.41, 5.74) is 6.48. The van der Waals surface area contributed by atoms with Gasteiger partial charge in [0.25, 0.3) is 10.1 Å². The van der Waals surface area contributed by atoms with Gasteiger partial charge in [-0.15, -0.1) is 0 Å². The lowest BCUT2D eigenvalue weighted by atomic mass is 10.1. The quantitative estimate of drug-likeness (QED) is 0.765. The summed E-state index contributed by atoms with van der Waals surface area (Å²) in [6.45, 7) is 2.43. The molecule has 0 aliphatic carbocycles. The lowest BCUT2D eigenvalue weighted by molar-refractivity contribution is 0.338. The van der Waals surface area contributed by atoms with E-state index in [1.165, 1.54) is 0 Å². The predicted molar refractivity (Wildman–Crippen MR) is 62.6 cm³/mol. The van der Waals surface area contributed by atoms with Crippen molar-refractivity contribution < 1.29 is 12.6 Å². The van der Waals surface area contributed by atoms with Crippen LogP contribution in [0.3, 0.4) is 0 Å². The number of hydrogen-bond donors (Lipinski definition) is 1. The maximum absolute atomic E-state index is 11.5. The molecule has 0 amide bonds. The molecule has 0 atom stereocenters. The van der Waals surface area contributed by atoms with Gasteiger partial charge in [0.05, 0.1) is 11.5 Å². The smallest absolute Gasteiger partial charge is 0.296 e. The van der Waals surface area contributed by atoms with Crippen molar-refractivity contribution in [3.8, 4) is 0 Å². The molecular weight excluding hydrogens is 226 g/mol. The van der Waals surface area contributed by atoms with Gasteiger partial charge in [0.15, 0.2) is 0 Å². The summed E-state index contributed by atoms with van der Waals surface area (Å²) in [4.78, 5) is 0.200. The van der Waals surface area contributed by atoms with Crippen molar-refractivity contribution >= 4 is 10.1 Å². The van der Waals surface area contributed by atoms with Gasteiger partial charge in [-0.1, -0.05) is 12.1 Å². The maximum atomic E-state index is 11.5. The summed E-state index contributed by atoms with van der Waals surface area (Å²) in [5.74, 6) is 0. The highest BCUT2D eigenvalue weighted by molar-refractivity contribution is 7.86. The van der Waals surface area contributed by atoms with E-state index < -0.39 is 10.1 Å². The summed E-state index contributed by atoms with van der Waals surface area (Å²) >= 11 is 0. The van der Waals surface area contributed by atoms with Gasteiger partial charge in [-0.3, -0.25) is 4.18 Å². The van der Waals surface area contributed by atoms with Crippen LogP contribution in [0.1, 0.15) is 18.9 Å². The van der Waals surface area contributed by atoms with E-state index in [1.807, 2.05) is 0 Å². The molecule has 16 heavy (non-hydrogen) atoms. The van der Waals surface area contributed by atoms with Gasteiger partial charge in [0.2, 0.25) is 0 Å². The molecule has 0 saturated heterocycles. The van der Waals surface area contributed by atoms with Gasteiger partial charge in [0.1, 0.15) is 0 Å². The molecule has 0 aliphatic heterocycles. The van der Waals surface area contributed by atoms with Crippen LogP contribution in [0.4, 0.5) is 0 Å². The molecule has 0 spiro atoms. The van der Waals surface area contributed by atoms with E-state index >= 15 is 0 Å². The van der Waals surface area contributed by atoms with Crippen LogP contribution in [-0.2, 0) is 20.7 Å². The van der Waals surface area contributed by atoms with Gasteiger partial charge in [-0.2, -0.15) is 8.42 Å². The molecule has 0 fully saturated rings. The average Bonchev–Trinajstić information content (AvgIpc) is 2.27. The summed E-state index contributed by atoms with van der Waals surface area (Å²) < 4.78 is 27.7. The van der Waals surface area contributed by atoms with E-state index in [4.69, 9.17) is 5.73 Å². The van der Waals surface area contributed by atoms with Crippen molar-refractivity contribution in [1.82, 2.24) is 0 Å². The largest absolute Gasteiger partial charge is 0.330 e. The van der Waals surface area contributed by atoms with Crippen LogP contribution < -0.4 is 5.73 Å². The number of rotatable bonds is 6. The Kier molecular flexibility index (Phi) is 4.92. The predicted octanol–water partition coefficient (Wildman–Crippen LogP) is 1.30. The molecule has 2 N–H and O–H groups in total. The van der Waals surface area contributed by atoms with Crippen LogP contribution in [0.2, 0.25) is 0 Å². The second-order valence-electron chi connectivity index (χ2n) is 3.40. The molecule has 0 bridgehead atoms. The standard InChI is InChI=1S/C11H17NO3S/c1-2-15-16(13,14)11-7-5-10(6-8-11)4-3-9-12/h5-8H,2-4,9,12H2,1H3. The van der Waals surface area contributed by atoms with E-state index in [0.29, 0.717) is 6.54 Å². The highest BCUT2D eigenvalue weighted by Gasteiger charge is 2.13. The van der Waals surface area contributed by atoms with Gasteiger partial charge in [-0.05, 0) is 44.0 Å². The molecular formula is C11H17NO3S. The number of aryl methyl sites for hydroxylation is 1. The average molecular weight is 243 g/mol. The zero-order chi connectivity index (χ0) is 12.0. The topological polar surface area (TPSA) is 69.4 Å². The minimum atomic E-state index is -3.57. The molecule has 0 saturated carbocycles. The molecule has 90 valence electrons. The number of benzene rings is 1. The zero-order valence-corrected chi connectivity index (χ0v) is 10.2. The Hall–Kier alpha value is -0.910. The SMILES string of the molecule is CCOS(=O)(=O)c1ccc(CCCN)cc1. The van der Waals surface area contributed by atoms with Gasteiger partial charge in [-0.25, -0.2) is 0 Å². The monoisotopic (exact) mass is 243 g/mol. The first kappa shape index (κ1) is 13.2. The molecule has 5 heteroatoms. The Balaban J connectivity index is 2.78. The van der Waals surface area contributed by atoms with Gasteiger partial charge >= 0.3 is 0 Å². The minimum absolute atomic E-state index is 0.150. The first-order chi connectivity index (χ1) is 7.60. The Morgan fingerprint density at radius 2 is 1.88 bits per heavy atom. The van der Waals surface area contributed by atoms with Crippen molar-refractivity contribution in [3.05, 3.63) is 29.8 Å². The molecule has 0 unspecified atom stereocenters. The van der Waals surface area contributed by atoms with E-state index in [-0.39, 0.29) is 11.5 Å². The molecule has 0 radical (unpaired) electrons. The third-order valence-corrected chi connectivity index (χ3v) is 3.55. The fraction of sp³-hybridized carbons (Fsp3) is 0.455. The van der Waals surface area contributed by atoms with Crippen molar-refractivity contribution in [1.29, 1.82) is 0 Å². The van der Waals surface area contributed by atoms with Crippen molar-refractivity contribution in [3.63, 3.8) is 0 Å². The third kappa shape index (κ3) is 3.59. The normalized spacial score (nSPS) is 11.6. The summed E-state index contributed by atoms with van der Waals surface area (Å²) in [5, 5.41) is 0. The lowest BCUT2D eigenvalue weighted by Gasteiger charge is -2.04. The second-order valence-corrected chi connectivity index (χ2v) is 5.01. The Morgan fingerprint density at radius 1 is 1.25 bits per heavy atom. The van der Waals surface area contributed by atoms with Crippen LogP contribution in [0, 0.1) is 0 Å². The van der Waals surface area contributed by atoms with Crippen LogP contribution >= 0.6 is 0 Å². The highest BCUT2D eigenvalue weighted by Crippen LogP contribution is 2.14. The summed E-state index contributed by atoms with van der Waals surface area (Å²) in [7, 11) is -3.57. The van der Waals surface area contributed by atoms with Gasteiger partial charge < -0.3 is 5.73 Å². The van der Waals surface area contributed by atoms with Crippen LogP contribution in [0.25, 0.3) is 0 Å². The summed E-state index contributed by atoms with van der Waals surface area (Å²) in [6, 6.07) is 6.72. The maximum Gasteiger partial charge on any atom is 0.296 e. The molecule has 1 aromatic carbocycles. The number of nitrogens with two attached hydrogens (primary N) is 1. The molecule has 0 aliphatic rings. The molecule has 0 heterocycles. The highest BCUT2D eigenvalue weighted by atomic mass is 32.2. The fourth-order valence-corrected chi connectivity index (χ4v) is 2.27. The summed E-state index contributed by atoms with van der Waals surface area (Å²) in [6.07, 6.45) is 1.77. The van der Waals surface area contributed by atoms with E-state index in [2.05, 4.69) is 4.18 Å². The number of hydrogen-bond acceptors (Lipinski definition) is 4. The van der Waals surface area contributed by atoms with Gasteiger partial charge in [0, 0.05) is 0 Å². The zero-order valence-electron chi connectivity index (χ0n) is 9.35. The van der Waals surface area contributed by atoms with Crippen molar-refractivity contribution in [2.45, 2.75) is 24.7 Å². The minimum Gasteiger partial charge on any atom is -0.330 e. The molecule has 1 rings (SSSR count). The Bertz CT molecular complexity index is 411. The van der Waals surface area contributed by atoms with Crippen LogP contribution in [0.5, 0.6) is 0 Å². The van der Waals surface area contributed by atoms with Crippen LogP contribution in [0.15, 0.2) is 29.2 Å². The van der Waals surface area contributed by atoms with Crippen LogP contribution in [-0.4, -0.2) is 21.6 Å². The van der Waals surface area contributed by atoms with Crippen molar-refractivity contribution in [2.75, 3.05) is 13.2 Å². The van der Waals surface area contributed by atoms with E-state index in [1.54, 1.807) is 31.2 Å². The first-order valence-corrected chi connectivity index (χ1v) is 6.69.